The summed E-state index contributed by atoms with van der Waals surface area (Å²) in [6.45, 7) is 2.35. The fraction of sp³-hybridized carbons (Fsp3) is 1.00. The van der Waals surface area contributed by atoms with Crippen LogP contribution in [0.2, 0.25) is 0 Å². The maximum atomic E-state index is 3.92. The fourth-order valence-electron chi connectivity index (χ4n) is 3.42. The van der Waals surface area contributed by atoms with Gasteiger partial charge in [-0.15, -0.1) is 0 Å². The normalized spacial score (nSPS) is 34.2. The third-order valence-corrected chi connectivity index (χ3v) is 4.44. The highest BCUT2D eigenvalue weighted by Crippen LogP contribution is 2.28. The average Bonchev–Trinajstić information content (AvgIpc) is 2.31. The second-order valence-corrected chi connectivity index (χ2v) is 5.64. The van der Waals surface area contributed by atoms with E-state index in [0.717, 1.165) is 18.0 Å². The van der Waals surface area contributed by atoms with Crippen molar-refractivity contribution in [3.8, 4) is 0 Å². The summed E-state index contributed by atoms with van der Waals surface area (Å²) in [7, 11) is 0. The largest absolute Gasteiger partial charge is 0.311 e. The summed E-state index contributed by atoms with van der Waals surface area (Å²) in [5.41, 5.74) is 0. The molecule has 0 heterocycles. The first-order chi connectivity index (χ1) is 7.38. The van der Waals surface area contributed by atoms with E-state index in [4.69, 9.17) is 0 Å². The monoisotopic (exact) mass is 209 g/mol. The number of rotatable bonds is 3. The lowest BCUT2D eigenvalue weighted by molar-refractivity contribution is 0.241. The van der Waals surface area contributed by atoms with Crippen molar-refractivity contribution in [3.05, 3.63) is 0 Å². The molecule has 0 aromatic heterocycles. The van der Waals surface area contributed by atoms with Gasteiger partial charge in [-0.05, 0) is 31.6 Å². The second-order valence-electron chi connectivity index (χ2n) is 5.64. The Morgan fingerprint density at radius 3 is 2.33 bits per heavy atom. The molecule has 2 aliphatic rings. The van der Waals surface area contributed by atoms with Crippen molar-refractivity contribution in [1.29, 1.82) is 0 Å². The smallest absolute Gasteiger partial charge is 0.00722 e. The van der Waals surface area contributed by atoms with Gasteiger partial charge < -0.3 is 5.32 Å². The Balaban J connectivity index is 1.72. The van der Waals surface area contributed by atoms with E-state index in [9.17, 15) is 0 Å². The number of hydrogen-bond donors (Lipinski definition) is 1. The Kier molecular flexibility index (Phi) is 4.49. The molecule has 0 saturated heterocycles. The molecule has 15 heavy (non-hydrogen) atoms. The van der Waals surface area contributed by atoms with E-state index in [-0.39, 0.29) is 0 Å². The van der Waals surface area contributed by atoms with Gasteiger partial charge in [0.25, 0.3) is 0 Å². The zero-order chi connectivity index (χ0) is 10.5. The summed E-state index contributed by atoms with van der Waals surface area (Å²) in [6.07, 6.45) is 14.5. The van der Waals surface area contributed by atoms with Gasteiger partial charge in [-0.2, -0.15) is 0 Å². The minimum Gasteiger partial charge on any atom is -0.311 e. The molecule has 2 rings (SSSR count). The van der Waals surface area contributed by atoms with Gasteiger partial charge in [0.05, 0.1) is 0 Å². The van der Waals surface area contributed by atoms with Gasteiger partial charge in [0, 0.05) is 12.1 Å². The Bertz CT molecular complexity index is 172. The van der Waals surface area contributed by atoms with Gasteiger partial charge in [-0.25, -0.2) is 0 Å². The molecule has 0 radical (unpaired) electrons. The van der Waals surface area contributed by atoms with Gasteiger partial charge in [-0.3, -0.25) is 0 Å². The number of hydrogen-bond acceptors (Lipinski definition) is 1. The van der Waals surface area contributed by atoms with Crippen molar-refractivity contribution in [3.63, 3.8) is 0 Å². The van der Waals surface area contributed by atoms with Gasteiger partial charge in [0.2, 0.25) is 0 Å². The first kappa shape index (κ1) is 11.4. The molecule has 0 spiro atoms. The summed E-state index contributed by atoms with van der Waals surface area (Å²) >= 11 is 0. The lowest BCUT2D eigenvalue weighted by Gasteiger charge is -2.34. The van der Waals surface area contributed by atoms with Gasteiger partial charge in [0.15, 0.2) is 0 Å². The van der Waals surface area contributed by atoms with Crippen LogP contribution in [0.25, 0.3) is 0 Å². The van der Waals surface area contributed by atoms with E-state index in [2.05, 4.69) is 12.2 Å². The van der Waals surface area contributed by atoms with Crippen LogP contribution in [0.4, 0.5) is 0 Å². The lowest BCUT2D eigenvalue weighted by Crippen LogP contribution is -2.41. The van der Waals surface area contributed by atoms with Crippen LogP contribution in [0.1, 0.15) is 71.1 Å². The topological polar surface area (TPSA) is 12.0 Å². The Morgan fingerprint density at radius 1 is 0.867 bits per heavy atom. The third-order valence-electron chi connectivity index (χ3n) is 4.44. The van der Waals surface area contributed by atoms with Crippen LogP contribution in [0, 0.1) is 5.92 Å². The molecule has 2 saturated carbocycles. The van der Waals surface area contributed by atoms with E-state index in [1.165, 1.54) is 64.2 Å². The van der Waals surface area contributed by atoms with Crippen LogP contribution < -0.4 is 5.32 Å². The van der Waals surface area contributed by atoms with E-state index in [1.807, 2.05) is 0 Å². The molecule has 2 unspecified atom stereocenters. The summed E-state index contributed by atoms with van der Waals surface area (Å²) in [4.78, 5) is 0. The van der Waals surface area contributed by atoms with E-state index in [0.29, 0.717) is 0 Å². The predicted molar refractivity (Wildman–Crippen MR) is 66.0 cm³/mol. The summed E-state index contributed by atoms with van der Waals surface area (Å²) < 4.78 is 0. The summed E-state index contributed by atoms with van der Waals surface area (Å²) in [5, 5.41) is 3.92. The van der Waals surface area contributed by atoms with Crippen molar-refractivity contribution in [2.75, 3.05) is 0 Å². The van der Waals surface area contributed by atoms with Crippen molar-refractivity contribution in [2.24, 2.45) is 5.92 Å². The van der Waals surface area contributed by atoms with Crippen LogP contribution in [-0.2, 0) is 0 Å². The zero-order valence-electron chi connectivity index (χ0n) is 10.3. The molecule has 0 bridgehead atoms. The molecule has 0 aromatic carbocycles. The van der Waals surface area contributed by atoms with Crippen molar-refractivity contribution in [2.45, 2.75) is 83.2 Å². The van der Waals surface area contributed by atoms with Gasteiger partial charge in [-0.1, -0.05) is 45.4 Å². The molecule has 1 N–H and O–H groups in total. The summed E-state index contributed by atoms with van der Waals surface area (Å²) in [5.74, 6) is 1.01. The van der Waals surface area contributed by atoms with E-state index in [1.54, 1.807) is 0 Å². The third kappa shape index (κ3) is 3.48. The van der Waals surface area contributed by atoms with E-state index >= 15 is 0 Å². The first-order valence-electron chi connectivity index (χ1n) is 7.14. The SMILES string of the molecule is CCC1CCCC(NC2CCCCC2)C1. The van der Waals surface area contributed by atoms with Crippen LogP contribution in [0.3, 0.4) is 0 Å². The maximum absolute atomic E-state index is 3.92. The molecular weight excluding hydrogens is 182 g/mol. The van der Waals surface area contributed by atoms with Crippen LogP contribution in [-0.4, -0.2) is 12.1 Å². The van der Waals surface area contributed by atoms with Crippen molar-refractivity contribution >= 4 is 0 Å². The minimum atomic E-state index is 0.854. The maximum Gasteiger partial charge on any atom is 0.00722 e. The lowest BCUT2D eigenvalue weighted by atomic mass is 9.83. The van der Waals surface area contributed by atoms with Crippen molar-refractivity contribution in [1.82, 2.24) is 5.32 Å². The van der Waals surface area contributed by atoms with Crippen LogP contribution >= 0.6 is 0 Å². The molecule has 1 nitrogen and oxygen atoms in total. The Morgan fingerprint density at radius 2 is 1.60 bits per heavy atom. The second kappa shape index (κ2) is 5.89. The van der Waals surface area contributed by atoms with Crippen molar-refractivity contribution < 1.29 is 0 Å². The first-order valence-corrected chi connectivity index (χ1v) is 7.14. The van der Waals surface area contributed by atoms with Gasteiger partial charge >= 0.3 is 0 Å². The van der Waals surface area contributed by atoms with Crippen LogP contribution in [0.15, 0.2) is 0 Å². The van der Waals surface area contributed by atoms with E-state index < -0.39 is 0 Å². The standard InChI is InChI=1S/C14H27N/c1-2-12-7-6-10-14(11-12)15-13-8-4-3-5-9-13/h12-15H,2-11H2,1H3. The highest BCUT2D eigenvalue weighted by atomic mass is 15.0. The summed E-state index contributed by atoms with van der Waals surface area (Å²) in [6, 6.07) is 1.71. The highest BCUT2D eigenvalue weighted by molar-refractivity contribution is 4.82. The number of nitrogens with one attached hydrogen (secondary N) is 1. The minimum absolute atomic E-state index is 0.854. The Hall–Kier alpha value is -0.0400. The fourth-order valence-corrected chi connectivity index (χ4v) is 3.42. The molecule has 2 aliphatic carbocycles. The Labute approximate surface area is 95.0 Å². The molecule has 0 amide bonds. The molecule has 0 aromatic rings. The molecule has 0 aliphatic heterocycles. The molecule has 2 fully saturated rings. The van der Waals surface area contributed by atoms with Crippen LogP contribution in [0.5, 0.6) is 0 Å². The average molecular weight is 209 g/mol. The molecular formula is C14H27N. The molecule has 2 atom stereocenters. The highest BCUT2D eigenvalue weighted by Gasteiger charge is 2.23. The zero-order valence-corrected chi connectivity index (χ0v) is 10.3. The molecule has 1 heteroatoms. The van der Waals surface area contributed by atoms with Gasteiger partial charge in [0.1, 0.15) is 0 Å². The predicted octanol–water partition coefficient (Wildman–Crippen LogP) is 3.88. The quantitative estimate of drug-likeness (QED) is 0.744. The molecule has 88 valence electrons.